The lowest BCUT2D eigenvalue weighted by atomic mass is 9.86. The molecule has 0 atom stereocenters. The van der Waals surface area contributed by atoms with E-state index in [2.05, 4.69) is 26.1 Å². The van der Waals surface area contributed by atoms with Crippen LogP contribution in [-0.4, -0.2) is 35.1 Å². The zero-order chi connectivity index (χ0) is 30.3. The number of hydrogen-bond acceptors (Lipinski definition) is 4. The standard InChI is InChI=1S/C36H33NO5/c1-36(2,3)30-19-17-27(18-20-30)32(38)23-31(26-11-9-25(10-12-26)24-7-5-4-6-8-24)34(41)28-13-15-29(16-14-28)35(42)37-22-21-33(39)40/h4-20,23H,21-22H2,1-3H3,(H,37,42)(H,39,40)/b31-23+. The third kappa shape index (κ3) is 7.55. The van der Waals surface area contributed by atoms with E-state index in [0.29, 0.717) is 22.3 Å². The molecule has 0 aliphatic rings. The Morgan fingerprint density at radius 3 is 1.76 bits per heavy atom. The first-order valence-corrected chi connectivity index (χ1v) is 13.7. The molecule has 0 unspecified atom stereocenters. The van der Waals surface area contributed by atoms with Crippen LogP contribution in [0.5, 0.6) is 0 Å². The highest BCUT2D eigenvalue weighted by Crippen LogP contribution is 2.27. The summed E-state index contributed by atoms with van der Waals surface area (Å²) >= 11 is 0. The third-order valence-corrected chi connectivity index (χ3v) is 6.89. The molecule has 0 aromatic heterocycles. The van der Waals surface area contributed by atoms with Gasteiger partial charge in [-0.15, -0.1) is 0 Å². The van der Waals surface area contributed by atoms with E-state index >= 15 is 0 Å². The summed E-state index contributed by atoms with van der Waals surface area (Å²) in [7, 11) is 0. The lowest BCUT2D eigenvalue weighted by molar-refractivity contribution is -0.136. The second-order valence-electron chi connectivity index (χ2n) is 11.0. The van der Waals surface area contributed by atoms with Gasteiger partial charge in [-0.1, -0.05) is 112 Å². The minimum atomic E-state index is -1.01. The smallest absolute Gasteiger partial charge is 0.305 e. The van der Waals surface area contributed by atoms with Gasteiger partial charge in [0.1, 0.15) is 0 Å². The number of benzene rings is 4. The molecular weight excluding hydrogens is 526 g/mol. The summed E-state index contributed by atoms with van der Waals surface area (Å²) in [5, 5.41) is 11.3. The van der Waals surface area contributed by atoms with E-state index in [1.54, 1.807) is 12.1 Å². The van der Waals surface area contributed by atoms with Crippen LogP contribution in [0.3, 0.4) is 0 Å². The topological polar surface area (TPSA) is 101 Å². The second kappa shape index (κ2) is 13.0. The van der Waals surface area contributed by atoms with Crippen LogP contribution in [0, 0.1) is 0 Å². The lowest BCUT2D eigenvalue weighted by Crippen LogP contribution is -2.26. The van der Waals surface area contributed by atoms with E-state index in [1.165, 1.54) is 30.3 Å². The predicted molar refractivity (Wildman–Crippen MR) is 165 cm³/mol. The fourth-order valence-electron chi connectivity index (χ4n) is 4.42. The third-order valence-electron chi connectivity index (χ3n) is 6.89. The Morgan fingerprint density at radius 1 is 0.667 bits per heavy atom. The highest BCUT2D eigenvalue weighted by Gasteiger charge is 2.19. The molecule has 0 fully saturated rings. The molecule has 212 valence electrons. The Hall–Kier alpha value is -5.10. The van der Waals surface area contributed by atoms with Crippen molar-refractivity contribution in [2.45, 2.75) is 32.6 Å². The number of ketones is 2. The van der Waals surface area contributed by atoms with E-state index in [9.17, 15) is 19.2 Å². The molecule has 1 amide bonds. The van der Waals surface area contributed by atoms with Crippen molar-refractivity contribution in [2.75, 3.05) is 6.54 Å². The molecule has 4 aromatic carbocycles. The summed E-state index contributed by atoms with van der Waals surface area (Å²) in [5.74, 6) is -2.09. The Labute approximate surface area is 245 Å². The van der Waals surface area contributed by atoms with Crippen molar-refractivity contribution in [2.24, 2.45) is 0 Å². The summed E-state index contributed by atoms with van der Waals surface area (Å²) in [4.78, 5) is 50.2. The van der Waals surface area contributed by atoms with Crippen LogP contribution in [0.1, 0.15) is 69.4 Å². The van der Waals surface area contributed by atoms with Gasteiger partial charge in [0.05, 0.1) is 6.42 Å². The maximum Gasteiger partial charge on any atom is 0.305 e. The number of carboxylic acids is 1. The first kappa shape index (κ1) is 29.9. The molecule has 6 nitrogen and oxygen atoms in total. The molecule has 0 heterocycles. The fraction of sp³-hybridized carbons (Fsp3) is 0.167. The lowest BCUT2D eigenvalue weighted by Gasteiger charge is -2.18. The highest BCUT2D eigenvalue weighted by molar-refractivity contribution is 6.32. The van der Waals surface area contributed by atoms with Gasteiger partial charge in [-0.2, -0.15) is 0 Å². The van der Waals surface area contributed by atoms with Crippen molar-refractivity contribution in [3.8, 4) is 11.1 Å². The number of rotatable bonds is 10. The number of Topliss-reactive ketones (excluding diaryl/α,β-unsaturated/α-hetero) is 1. The Kier molecular flexibility index (Phi) is 9.28. The van der Waals surface area contributed by atoms with Crippen molar-refractivity contribution in [3.05, 3.63) is 137 Å². The van der Waals surface area contributed by atoms with E-state index in [4.69, 9.17) is 5.11 Å². The van der Waals surface area contributed by atoms with Gasteiger partial charge in [-0.05, 0) is 45.9 Å². The molecule has 6 heteroatoms. The molecule has 0 aliphatic heterocycles. The molecule has 0 radical (unpaired) electrons. The number of aliphatic carboxylic acids is 1. The Balaban J connectivity index is 1.65. The van der Waals surface area contributed by atoms with Crippen molar-refractivity contribution in [1.82, 2.24) is 5.32 Å². The molecule has 4 aromatic rings. The molecule has 0 bridgehead atoms. The van der Waals surface area contributed by atoms with Gasteiger partial charge < -0.3 is 10.4 Å². The summed E-state index contributed by atoms with van der Waals surface area (Å²) < 4.78 is 0. The van der Waals surface area contributed by atoms with Crippen molar-refractivity contribution in [3.63, 3.8) is 0 Å². The molecule has 0 saturated carbocycles. The van der Waals surface area contributed by atoms with Crippen LogP contribution < -0.4 is 5.32 Å². The molecule has 2 N–H and O–H groups in total. The normalized spacial score (nSPS) is 11.5. The molecule has 0 saturated heterocycles. The Bertz CT molecular complexity index is 1610. The van der Waals surface area contributed by atoms with E-state index in [0.717, 1.165) is 16.7 Å². The van der Waals surface area contributed by atoms with E-state index in [-0.39, 0.29) is 35.5 Å². The zero-order valence-corrected chi connectivity index (χ0v) is 23.9. The van der Waals surface area contributed by atoms with Crippen LogP contribution in [0.25, 0.3) is 16.7 Å². The average Bonchev–Trinajstić information content (AvgIpc) is 2.99. The second-order valence-corrected chi connectivity index (χ2v) is 11.0. The van der Waals surface area contributed by atoms with Crippen LogP contribution in [0.2, 0.25) is 0 Å². The van der Waals surface area contributed by atoms with Gasteiger partial charge in [0, 0.05) is 28.8 Å². The molecule has 0 aliphatic carbocycles. The van der Waals surface area contributed by atoms with Crippen molar-refractivity contribution < 1.29 is 24.3 Å². The molecular formula is C36H33NO5. The minimum Gasteiger partial charge on any atom is -0.481 e. The van der Waals surface area contributed by atoms with Crippen LogP contribution >= 0.6 is 0 Å². The van der Waals surface area contributed by atoms with Crippen molar-refractivity contribution >= 4 is 29.0 Å². The van der Waals surface area contributed by atoms with Gasteiger partial charge in [0.25, 0.3) is 5.91 Å². The summed E-state index contributed by atoms with van der Waals surface area (Å²) in [5.41, 5.74) is 4.97. The van der Waals surface area contributed by atoms with E-state index in [1.807, 2.05) is 66.7 Å². The molecule has 42 heavy (non-hydrogen) atoms. The number of hydrogen-bond donors (Lipinski definition) is 2. The van der Waals surface area contributed by atoms with Gasteiger partial charge in [0.2, 0.25) is 0 Å². The number of carbonyl (C=O) groups excluding carboxylic acids is 3. The highest BCUT2D eigenvalue weighted by atomic mass is 16.4. The zero-order valence-electron chi connectivity index (χ0n) is 23.9. The van der Waals surface area contributed by atoms with Gasteiger partial charge in [-0.25, -0.2) is 0 Å². The number of amides is 1. The number of carboxylic acid groups (broad SMARTS) is 1. The average molecular weight is 560 g/mol. The van der Waals surface area contributed by atoms with Crippen molar-refractivity contribution in [1.29, 1.82) is 0 Å². The Morgan fingerprint density at radius 2 is 1.19 bits per heavy atom. The maximum absolute atomic E-state index is 13.8. The number of nitrogens with one attached hydrogen (secondary N) is 1. The molecule has 0 spiro atoms. The van der Waals surface area contributed by atoms with Gasteiger partial charge in [0.15, 0.2) is 11.6 Å². The maximum atomic E-state index is 13.8. The van der Waals surface area contributed by atoms with Crippen LogP contribution in [0.4, 0.5) is 0 Å². The fourth-order valence-corrected chi connectivity index (χ4v) is 4.42. The van der Waals surface area contributed by atoms with Crippen LogP contribution in [-0.2, 0) is 10.2 Å². The minimum absolute atomic E-state index is 0.000442. The molecule has 4 rings (SSSR count). The monoisotopic (exact) mass is 559 g/mol. The SMILES string of the molecule is CC(C)(C)c1ccc(C(=O)/C=C(/C(=O)c2ccc(C(=O)NCCC(=O)O)cc2)c2ccc(-c3ccccc3)cc2)cc1. The summed E-state index contributed by atoms with van der Waals surface area (Å²) in [6, 6.07) is 30.8. The predicted octanol–water partition coefficient (Wildman–Crippen LogP) is 7.00. The first-order valence-electron chi connectivity index (χ1n) is 13.7. The van der Waals surface area contributed by atoms with Gasteiger partial charge in [-0.3, -0.25) is 19.2 Å². The van der Waals surface area contributed by atoms with E-state index < -0.39 is 11.9 Å². The quantitative estimate of drug-likeness (QED) is 0.161. The largest absolute Gasteiger partial charge is 0.481 e. The van der Waals surface area contributed by atoms with Gasteiger partial charge >= 0.3 is 5.97 Å². The van der Waals surface area contributed by atoms with Crippen LogP contribution in [0.15, 0.2) is 109 Å². The number of carbonyl (C=O) groups is 4. The number of allylic oxidation sites excluding steroid dienone is 2. The summed E-state index contributed by atoms with van der Waals surface area (Å²) in [6.07, 6.45) is 1.19. The first-order chi connectivity index (χ1) is 20.0. The summed E-state index contributed by atoms with van der Waals surface area (Å²) in [6.45, 7) is 6.30.